The van der Waals surface area contributed by atoms with E-state index in [2.05, 4.69) is 52.0 Å². The SMILES string of the molecule is COC(=O)CS(=O)(=O)c1ccsc1N.Cc1ccc(CNC(=O)C2=NNc3s[c-]cc3S2(=O)=O)cc1.Cc1ccc(CNC(=O)C2=N[N-]c3sc(CN4CCOCC4)cc3S2(=O)=O)cc1.Cc1ccc(CNC(=O)CS(=O)(=O)c2ccsc2N)cc1.[Y].[Y]. The van der Waals surface area contributed by atoms with E-state index >= 15 is 0 Å². The van der Waals surface area contributed by atoms with Crippen molar-refractivity contribution in [3.8, 4) is 0 Å². The van der Waals surface area contributed by atoms with Gasteiger partial charge in [-0.3, -0.25) is 35.4 Å². The number of methoxy groups -OCH3 is 1. The number of hydrazone groups is 1. The molecule has 0 aliphatic carbocycles. The van der Waals surface area contributed by atoms with Crippen molar-refractivity contribution in [3.63, 3.8) is 0 Å². The molecule has 0 atom stereocenters. The summed E-state index contributed by atoms with van der Waals surface area (Å²) in [4.78, 5) is 50.4. The van der Waals surface area contributed by atoms with Gasteiger partial charge in [0.25, 0.3) is 11.8 Å². The number of thiophene rings is 4. The second-order valence-corrected chi connectivity index (χ2v) is 30.3. The third-order valence-corrected chi connectivity index (χ3v) is 22.8. The fourth-order valence-electron chi connectivity index (χ4n) is 7.68. The number of hydrogen-bond acceptors (Lipinski definition) is 24. The number of hydrogen-bond donors (Lipinski definition) is 6. The number of carbonyl (C=O) groups is 4. The first kappa shape index (κ1) is 73.5. The van der Waals surface area contributed by atoms with E-state index < -0.39 is 84.6 Å². The number of nitrogen functional groups attached to an aromatic ring is 2. The van der Waals surface area contributed by atoms with E-state index in [0.717, 1.165) is 92.5 Å². The van der Waals surface area contributed by atoms with Crippen molar-refractivity contribution in [3.05, 3.63) is 157 Å². The van der Waals surface area contributed by atoms with Gasteiger partial charge in [-0.05, 0) is 81.3 Å². The molecule has 1 fully saturated rings. The van der Waals surface area contributed by atoms with Crippen LogP contribution in [0.15, 0.2) is 138 Å². The molecule has 3 aromatic carbocycles. The monoisotopic (exact) mass is 1500 g/mol. The van der Waals surface area contributed by atoms with Crippen LogP contribution in [0.2, 0.25) is 0 Å². The number of nitrogens with zero attached hydrogens (tertiary/aromatic N) is 4. The standard InChI is InChI=1S/C19H22N4O4S2.C14H12N3O3S2.C14H16N2O3S2.C7H9NO4S2.2Y/c1-13-2-4-14(5-3-13)11-20-17(24)19-22-21-18-16(29(19,25)26)10-15(28-18)12-23-6-8-27-9-7-23;1-9-2-4-10(5-3-9)8-15-12(18)14-17-16-13-11(6-7-21-13)22(14,19)20;1-10-2-4-11(5-3-10)8-16-13(17)9-21(18,19)12-6-7-20-14(12)15;1-12-6(9)4-14(10,11)5-2-3-13-7(5)8;;/h2-5,10H,6-9,11-12H2,1H3,(H2,20,21,24);2-6,16H,8H2,1H3,(H,15,18);2-7H,8-9,15H2,1H3,(H,16,17);2-3H,4,8H2,1H3;;/q;-1;;;;/p-1. The summed E-state index contributed by atoms with van der Waals surface area (Å²) in [7, 11) is -14.1. The number of benzene rings is 3. The number of anilines is 3. The first-order chi connectivity index (χ1) is 40.8. The maximum Gasteiger partial charge on any atom is 0.321 e. The predicted octanol–water partition coefficient (Wildman–Crippen LogP) is 6.00. The van der Waals surface area contributed by atoms with Crippen molar-refractivity contribution in [2.45, 2.75) is 66.5 Å². The summed E-state index contributed by atoms with van der Waals surface area (Å²) in [5.74, 6) is -4.09. The second kappa shape index (κ2) is 33.2. The molecule has 88 heavy (non-hydrogen) atoms. The molecule has 0 saturated carbocycles. The van der Waals surface area contributed by atoms with Crippen LogP contribution in [0, 0.1) is 26.2 Å². The zero-order valence-corrected chi connectivity index (χ0v) is 59.8. The smallest absolute Gasteiger partial charge is 0.321 e. The number of amides is 3. The molecule has 8 N–H and O–H groups in total. The van der Waals surface area contributed by atoms with Crippen LogP contribution in [0.5, 0.6) is 0 Å². The van der Waals surface area contributed by atoms with Crippen molar-refractivity contribution >= 4 is 138 Å². The summed E-state index contributed by atoms with van der Waals surface area (Å²) in [6, 6.07) is 28.6. The van der Waals surface area contributed by atoms with Crippen LogP contribution in [0.25, 0.3) is 5.43 Å². The molecule has 10 rings (SSSR count). The fraction of sp³-hybridized carbons (Fsp3) is 0.259. The van der Waals surface area contributed by atoms with Crippen LogP contribution < -0.4 is 32.8 Å². The Labute approximate surface area is 576 Å². The minimum atomic E-state index is -4.00. The Hall–Kier alpha value is -5.19. The van der Waals surface area contributed by atoms with Crippen molar-refractivity contribution in [1.29, 1.82) is 0 Å². The molecule has 7 heterocycles. The van der Waals surface area contributed by atoms with Crippen LogP contribution in [-0.2, 0) is 160 Å². The number of carbonyl (C=O) groups excluding carboxylic acids is 4. The van der Waals surface area contributed by atoms with Crippen LogP contribution >= 0.6 is 45.3 Å². The molecular formula is C54H58N10O14S8Y2-2. The fourth-order valence-corrected chi connectivity index (χ4v) is 17.3. The van der Waals surface area contributed by atoms with Gasteiger partial charge in [-0.1, -0.05) is 89.5 Å². The number of nitrogens with one attached hydrogen (secondary N) is 4. The van der Waals surface area contributed by atoms with Crippen LogP contribution in [0.1, 0.15) is 38.3 Å². The molecule has 464 valence electrons. The molecule has 1 saturated heterocycles. The molecular weight excluding hydrogens is 1450 g/mol. The summed E-state index contributed by atoms with van der Waals surface area (Å²) < 4.78 is 107. The Kier molecular flexibility index (Phi) is 27.8. The van der Waals surface area contributed by atoms with Crippen molar-refractivity contribution in [1.82, 2.24) is 20.9 Å². The van der Waals surface area contributed by atoms with Gasteiger partial charge in [0, 0.05) is 110 Å². The molecule has 24 nitrogen and oxygen atoms in total. The van der Waals surface area contributed by atoms with Crippen LogP contribution in [0.4, 0.5) is 20.0 Å². The maximum absolute atomic E-state index is 12.9. The molecule has 3 aliphatic heterocycles. The van der Waals surface area contributed by atoms with E-state index in [4.69, 9.17) is 16.2 Å². The summed E-state index contributed by atoms with van der Waals surface area (Å²) in [6.07, 6.45) is 0. The van der Waals surface area contributed by atoms with E-state index in [1.54, 1.807) is 16.8 Å². The number of aryl methyl sites for hydroxylation is 3. The Bertz CT molecular complexity index is 4110. The summed E-state index contributed by atoms with van der Waals surface area (Å²) in [5, 5.41) is 21.1. The zero-order chi connectivity index (χ0) is 62.4. The topological polar surface area (TPSA) is 366 Å². The Balaban J connectivity index is 0.000000218. The normalized spacial score (nSPS) is 14.4. The first-order valence-electron chi connectivity index (χ1n) is 25.5. The van der Waals surface area contributed by atoms with Gasteiger partial charge in [0.2, 0.25) is 25.8 Å². The van der Waals surface area contributed by atoms with Gasteiger partial charge in [0.15, 0.2) is 35.3 Å². The van der Waals surface area contributed by atoms with E-state index in [9.17, 15) is 52.8 Å². The van der Waals surface area contributed by atoms with E-state index in [0.29, 0.717) is 36.3 Å². The Morgan fingerprint density at radius 3 is 1.64 bits per heavy atom. The molecule has 0 bridgehead atoms. The summed E-state index contributed by atoms with van der Waals surface area (Å²) >= 11 is 4.64. The van der Waals surface area contributed by atoms with Gasteiger partial charge in [-0.2, -0.15) is 22.5 Å². The van der Waals surface area contributed by atoms with Crippen molar-refractivity contribution < 1.29 is 128 Å². The molecule has 7 aromatic rings. The predicted molar refractivity (Wildman–Crippen MR) is 332 cm³/mol. The number of sulfone groups is 4. The Morgan fingerprint density at radius 2 is 1.16 bits per heavy atom. The Morgan fingerprint density at radius 1 is 0.693 bits per heavy atom. The second-order valence-electron chi connectivity index (χ2n) is 18.9. The van der Waals surface area contributed by atoms with Gasteiger partial charge < -0.3 is 52.8 Å². The quantitative estimate of drug-likeness (QED) is 0.0477. The van der Waals surface area contributed by atoms with Crippen LogP contribution in [0.3, 0.4) is 0 Å². The van der Waals surface area contributed by atoms with E-state index in [1.807, 2.05) is 93.6 Å². The number of ether oxygens (including phenoxy) is 2. The van der Waals surface area contributed by atoms with Gasteiger partial charge >= 0.3 is 5.97 Å². The molecule has 0 spiro atoms. The number of morpholine rings is 1. The van der Waals surface area contributed by atoms with Crippen molar-refractivity contribution in [2.24, 2.45) is 10.2 Å². The van der Waals surface area contributed by atoms with Gasteiger partial charge in [0.05, 0.1) is 25.2 Å². The molecule has 3 amide bonds. The molecule has 0 unspecified atom stereocenters. The third kappa shape index (κ3) is 20.2. The van der Waals surface area contributed by atoms with Gasteiger partial charge in [-0.25, -0.2) is 33.7 Å². The number of nitrogens with two attached hydrogens (primary N) is 2. The third-order valence-electron chi connectivity index (χ3n) is 12.4. The zero-order valence-electron chi connectivity index (χ0n) is 47.5. The minimum absolute atomic E-state index is 0. The molecule has 3 aliphatic rings. The number of esters is 1. The minimum Gasteiger partial charge on any atom is -0.565 e. The van der Waals surface area contributed by atoms with Gasteiger partial charge in [0.1, 0.15) is 25.5 Å². The number of fused-ring (bicyclic) bond motifs is 2. The molecule has 34 heteroatoms. The average Bonchev–Trinajstić information content (AvgIpc) is 2.33. The largest absolute Gasteiger partial charge is 0.565 e. The first-order valence-corrected chi connectivity index (χ1v) is 35.2. The van der Waals surface area contributed by atoms with Crippen LogP contribution in [-0.4, -0.2) is 117 Å². The van der Waals surface area contributed by atoms with E-state index in [-0.39, 0.29) is 108 Å². The van der Waals surface area contributed by atoms with E-state index in [1.165, 1.54) is 29.5 Å². The number of rotatable bonds is 16. The molecule has 2 radical (unpaired) electrons. The maximum atomic E-state index is 12.9. The summed E-state index contributed by atoms with van der Waals surface area (Å²) in [6.45, 7) is 10.2. The molecule has 4 aromatic heterocycles. The van der Waals surface area contributed by atoms with Gasteiger partial charge in [-0.15, -0.1) is 28.1 Å². The van der Waals surface area contributed by atoms with Crippen molar-refractivity contribution in [2.75, 3.05) is 61.8 Å². The average molecular weight is 1510 g/mol. The summed E-state index contributed by atoms with van der Waals surface area (Å²) in [5.41, 5.74) is 23.6.